The second-order valence-corrected chi connectivity index (χ2v) is 7.82. The number of ether oxygens (including phenoxy) is 1. The molecule has 0 aliphatic rings. The number of anilines is 1. The van der Waals surface area contributed by atoms with Crippen LogP contribution in [0.25, 0.3) is 0 Å². The average molecular weight is 402 g/mol. The normalized spacial score (nSPS) is 11.3. The average Bonchev–Trinajstić information content (AvgIpc) is 2.91. The first kappa shape index (κ1) is 19.7. The van der Waals surface area contributed by atoms with Gasteiger partial charge in [-0.3, -0.25) is 19.2 Å². The predicted molar refractivity (Wildman–Crippen MR) is 94.8 cm³/mol. The number of hydrogen-bond donors (Lipinski definition) is 1. The lowest BCUT2D eigenvalue weighted by Crippen LogP contribution is -2.28. The zero-order valence-electron chi connectivity index (χ0n) is 14.4. The molecule has 9 nitrogen and oxygen atoms in total. The first-order valence-corrected chi connectivity index (χ1v) is 9.41. The Morgan fingerprint density at radius 2 is 1.88 bits per heavy atom. The van der Waals surface area contributed by atoms with Gasteiger partial charge in [0, 0.05) is 32.1 Å². The Labute approximate surface area is 154 Å². The van der Waals surface area contributed by atoms with E-state index in [1.165, 1.54) is 26.4 Å². The maximum atomic E-state index is 12.7. The third kappa shape index (κ3) is 3.37. The number of carbonyl (C=O) groups excluding carboxylic acids is 2. The quantitative estimate of drug-likeness (QED) is 0.769. The van der Waals surface area contributed by atoms with Crippen molar-refractivity contribution in [1.29, 1.82) is 0 Å². The lowest BCUT2D eigenvalue weighted by molar-refractivity contribution is 0.103. The minimum atomic E-state index is -3.77. The SMILES string of the molecule is COC(=O)N(C)c1c(S(C)(=O)=O)ccc(C(=O)c2c[nH]n(C)c2=O)c1Cl. The van der Waals surface area contributed by atoms with Gasteiger partial charge in [0.2, 0.25) is 5.78 Å². The van der Waals surface area contributed by atoms with Crippen molar-refractivity contribution in [3.05, 3.63) is 44.8 Å². The van der Waals surface area contributed by atoms with Gasteiger partial charge in [0.05, 0.1) is 22.7 Å². The summed E-state index contributed by atoms with van der Waals surface area (Å²) < 4.78 is 29.8. The van der Waals surface area contributed by atoms with E-state index in [1.54, 1.807) is 0 Å². The molecule has 0 spiro atoms. The predicted octanol–water partition coefficient (Wildman–Crippen LogP) is 1.20. The molecule has 11 heteroatoms. The van der Waals surface area contributed by atoms with Gasteiger partial charge in [0.25, 0.3) is 5.56 Å². The number of aryl methyl sites for hydroxylation is 1. The number of methoxy groups -OCH3 is 1. The Kier molecular flexibility index (Phi) is 5.28. The Balaban J connectivity index is 2.75. The van der Waals surface area contributed by atoms with Crippen molar-refractivity contribution in [2.45, 2.75) is 4.90 Å². The summed E-state index contributed by atoms with van der Waals surface area (Å²) in [5.41, 5.74) is -1.07. The number of H-pyrrole nitrogens is 1. The standard InChI is InChI=1S/C15H16ClN3O6S/c1-18(15(22)25-3)12-10(26(4,23)24)6-5-8(11(12)16)13(20)9-7-17-19(2)14(9)21/h5-7,17H,1-4H3. The van der Waals surface area contributed by atoms with Crippen molar-refractivity contribution >= 4 is 39.0 Å². The van der Waals surface area contributed by atoms with Crippen LogP contribution in [0, 0.1) is 0 Å². The number of nitrogens with zero attached hydrogens (tertiary/aromatic N) is 2. The monoisotopic (exact) mass is 401 g/mol. The van der Waals surface area contributed by atoms with E-state index in [2.05, 4.69) is 9.84 Å². The molecular formula is C15H16ClN3O6S. The van der Waals surface area contributed by atoms with Crippen LogP contribution in [-0.4, -0.2) is 50.5 Å². The maximum Gasteiger partial charge on any atom is 0.413 e. The summed E-state index contributed by atoms with van der Waals surface area (Å²) in [6.45, 7) is 0. The van der Waals surface area contributed by atoms with E-state index in [9.17, 15) is 22.8 Å². The van der Waals surface area contributed by atoms with Crippen LogP contribution in [0.3, 0.4) is 0 Å². The van der Waals surface area contributed by atoms with Gasteiger partial charge in [-0.1, -0.05) is 11.6 Å². The van der Waals surface area contributed by atoms with E-state index in [0.29, 0.717) is 0 Å². The number of aromatic nitrogens is 2. The zero-order chi connectivity index (χ0) is 19.8. The minimum absolute atomic E-state index is 0.124. The van der Waals surface area contributed by atoms with Gasteiger partial charge >= 0.3 is 6.09 Å². The molecule has 1 aromatic heterocycles. The highest BCUT2D eigenvalue weighted by Crippen LogP contribution is 2.36. The summed E-state index contributed by atoms with van der Waals surface area (Å²) in [5, 5.41) is 2.28. The molecule has 0 bridgehead atoms. The number of rotatable bonds is 4. The Morgan fingerprint density at radius 3 is 2.35 bits per heavy atom. The van der Waals surface area contributed by atoms with E-state index >= 15 is 0 Å². The van der Waals surface area contributed by atoms with E-state index in [-0.39, 0.29) is 26.7 Å². The van der Waals surface area contributed by atoms with Gasteiger partial charge in [-0.2, -0.15) is 0 Å². The molecule has 0 radical (unpaired) electrons. The molecule has 0 fully saturated rings. The second kappa shape index (κ2) is 6.96. The summed E-state index contributed by atoms with van der Waals surface area (Å²) in [5.74, 6) is -0.712. The summed E-state index contributed by atoms with van der Waals surface area (Å²) in [6.07, 6.45) is 1.28. The third-order valence-electron chi connectivity index (χ3n) is 3.69. The van der Waals surface area contributed by atoms with Gasteiger partial charge in [-0.25, -0.2) is 13.2 Å². The molecule has 0 unspecified atom stereocenters. The van der Waals surface area contributed by atoms with Crippen LogP contribution in [0.1, 0.15) is 15.9 Å². The lowest BCUT2D eigenvalue weighted by atomic mass is 10.0. The van der Waals surface area contributed by atoms with Crippen LogP contribution in [0.15, 0.2) is 28.0 Å². The number of carbonyl (C=O) groups is 2. The van der Waals surface area contributed by atoms with Gasteiger partial charge in [-0.05, 0) is 12.1 Å². The molecule has 0 atom stereocenters. The topological polar surface area (TPSA) is 119 Å². The molecule has 140 valence electrons. The fourth-order valence-corrected chi connectivity index (χ4v) is 3.67. The highest BCUT2D eigenvalue weighted by Gasteiger charge is 2.28. The number of sulfone groups is 1. The maximum absolute atomic E-state index is 12.7. The van der Waals surface area contributed by atoms with Crippen molar-refractivity contribution in [2.75, 3.05) is 25.3 Å². The number of amides is 1. The van der Waals surface area contributed by atoms with Gasteiger partial charge < -0.3 is 9.84 Å². The molecule has 0 saturated carbocycles. The molecule has 2 aromatic rings. The number of halogens is 1. The van der Waals surface area contributed by atoms with E-state index in [0.717, 1.165) is 29.0 Å². The smallest absolute Gasteiger partial charge is 0.413 e. The molecule has 1 amide bonds. The third-order valence-corrected chi connectivity index (χ3v) is 5.20. The van der Waals surface area contributed by atoms with Crippen LogP contribution in [0.2, 0.25) is 5.02 Å². The highest BCUT2D eigenvalue weighted by atomic mass is 35.5. The molecule has 26 heavy (non-hydrogen) atoms. The molecular weight excluding hydrogens is 386 g/mol. The van der Waals surface area contributed by atoms with Crippen LogP contribution < -0.4 is 10.5 Å². The van der Waals surface area contributed by atoms with E-state index < -0.39 is 27.3 Å². The minimum Gasteiger partial charge on any atom is -0.452 e. The number of hydrogen-bond acceptors (Lipinski definition) is 6. The van der Waals surface area contributed by atoms with Gasteiger partial charge in [0.1, 0.15) is 5.56 Å². The first-order chi connectivity index (χ1) is 12.0. The number of benzene rings is 1. The van der Waals surface area contributed by atoms with Crippen LogP contribution >= 0.6 is 11.6 Å². The molecule has 1 heterocycles. The Hall–Kier alpha value is -2.59. The number of aromatic amines is 1. The van der Waals surface area contributed by atoms with Crippen LogP contribution in [0.4, 0.5) is 10.5 Å². The summed E-state index contributed by atoms with van der Waals surface area (Å²) in [6, 6.07) is 2.35. The molecule has 2 rings (SSSR count). The van der Waals surface area contributed by atoms with Gasteiger partial charge in [0.15, 0.2) is 9.84 Å². The fraction of sp³-hybridized carbons (Fsp3) is 0.267. The highest BCUT2D eigenvalue weighted by molar-refractivity contribution is 7.90. The van der Waals surface area contributed by atoms with E-state index in [4.69, 9.17) is 11.6 Å². The van der Waals surface area contributed by atoms with Crippen molar-refractivity contribution in [3.8, 4) is 0 Å². The zero-order valence-corrected chi connectivity index (χ0v) is 15.9. The summed E-state index contributed by atoms with van der Waals surface area (Å²) >= 11 is 6.27. The van der Waals surface area contributed by atoms with Crippen LogP contribution in [-0.2, 0) is 21.6 Å². The van der Waals surface area contributed by atoms with Crippen molar-refractivity contribution in [2.24, 2.45) is 7.05 Å². The lowest BCUT2D eigenvalue weighted by Gasteiger charge is -2.21. The largest absolute Gasteiger partial charge is 0.452 e. The summed E-state index contributed by atoms with van der Waals surface area (Å²) in [4.78, 5) is 37.1. The van der Waals surface area contributed by atoms with E-state index in [1.807, 2.05) is 0 Å². The van der Waals surface area contributed by atoms with Crippen molar-refractivity contribution < 1.29 is 22.7 Å². The fourth-order valence-electron chi connectivity index (χ4n) is 2.33. The Morgan fingerprint density at radius 1 is 1.27 bits per heavy atom. The number of ketones is 1. The van der Waals surface area contributed by atoms with Crippen molar-refractivity contribution in [1.82, 2.24) is 9.78 Å². The van der Waals surface area contributed by atoms with Crippen molar-refractivity contribution in [3.63, 3.8) is 0 Å². The van der Waals surface area contributed by atoms with Gasteiger partial charge in [-0.15, -0.1) is 0 Å². The molecule has 1 N–H and O–H groups in total. The molecule has 0 aliphatic carbocycles. The molecule has 0 aliphatic heterocycles. The molecule has 0 saturated heterocycles. The first-order valence-electron chi connectivity index (χ1n) is 7.14. The second-order valence-electron chi connectivity index (χ2n) is 5.46. The van der Waals surface area contributed by atoms with Crippen LogP contribution in [0.5, 0.6) is 0 Å². The molecule has 1 aromatic carbocycles. The number of nitrogens with one attached hydrogen (secondary N) is 1. The Bertz CT molecular complexity index is 1050. The summed E-state index contributed by atoms with van der Waals surface area (Å²) in [7, 11) is 0.0351.